The summed E-state index contributed by atoms with van der Waals surface area (Å²) in [6, 6.07) is 1.57. The van der Waals surface area contributed by atoms with Crippen LogP contribution in [0.2, 0.25) is 0 Å². The minimum absolute atomic E-state index is 0.0271. The van der Waals surface area contributed by atoms with Crippen molar-refractivity contribution in [3.8, 4) is 11.6 Å². The molecule has 0 spiro atoms. The zero-order valence-electron chi connectivity index (χ0n) is 26.6. The first-order valence-corrected chi connectivity index (χ1v) is 15.0. The Morgan fingerprint density at radius 3 is 1.54 bits per heavy atom. The van der Waals surface area contributed by atoms with Gasteiger partial charge in [0.25, 0.3) is 0 Å². The summed E-state index contributed by atoms with van der Waals surface area (Å²) in [5, 5.41) is 58.1. The van der Waals surface area contributed by atoms with E-state index in [9.17, 15) is 19.8 Å². The molecule has 0 aromatic carbocycles. The number of nitrogens with two attached hydrogens (primary N) is 2. The highest BCUT2D eigenvalue weighted by molar-refractivity contribution is 5.94. The Bertz CT molecular complexity index is 1890. The Kier molecular flexibility index (Phi) is 9.62. The lowest BCUT2D eigenvalue weighted by atomic mass is 10.2. The Labute approximate surface area is 272 Å². The number of aryl methyl sites for hydroxylation is 4. The van der Waals surface area contributed by atoms with Gasteiger partial charge in [0.2, 0.25) is 0 Å². The molecule has 20 heteroatoms. The third-order valence-electron chi connectivity index (χ3n) is 7.32. The van der Waals surface area contributed by atoms with Crippen LogP contribution in [0, 0.1) is 13.8 Å². The zero-order chi connectivity index (χ0) is 34.5. The molecule has 5 rings (SSSR count). The molecule has 20 nitrogen and oxygen atoms in total. The number of anilines is 2. The van der Waals surface area contributed by atoms with Crippen LogP contribution in [0.25, 0.3) is 11.6 Å². The maximum absolute atomic E-state index is 11.7. The van der Waals surface area contributed by atoms with Crippen LogP contribution in [0.4, 0.5) is 34.6 Å². The SMILES string of the molecule is CCCCc1nn(-c2cc(-n3nc(CCCC)c(/N=N/c4[nH]nc(C)c4C(=O)O)c3N)ncn2)c(N)c1/N=N/c1[nH]nc(C)c1C(=O)O. The van der Waals surface area contributed by atoms with E-state index >= 15 is 0 Å². The predicted octanol–water partition coefficient (Wildman–Crippen LogP) is 4.99. The molecule has 0 aliphatic carbocycles. The van der Waals surface area contributed by atoms with E-state index in [0.717, 1.165) is 25.7 Å². The first kappa shape index (κ1) is 33.0. The Balaban J connectivity index is 1.55. The number of nitrogen functional groups attached to an aromatic ring is 2. The van der Waals surface area contributed by atoms with Gasteiger partial charge in [-0.25, -0.2) is 19.6 Å². The molecule has 0 aliphatic rings. The summed E-state index contributed by atoms with van der Waals surface area (Å²) in [5.41, 5.74) is 15.0. The minimum atomic E-state index is -1.19. The number of hydrogen-bond donors (Lipinski definition) is 6. The number of aromatic nitrogens is 10. The maximum atomic E-state index is 11.7. The van der Waals surface area contributed by atoms with E-state index in [2.05, 4.69) is 61.0 Å². The second-order valence-corrected chi connectivity index (χ2v) is 10.7. The summed E-state index contributed by atoms with van der Waals surface area (Å²) >= 11 is 0. The fourth-order valence-electron chi connectivity index (χ4n) is 4.80. The molecular formula is C28H34N16O4. The molecule has 0 saturated heterocycles. The number of unbranched alkanes of at least 4 members (excludes halogenated alkanes) is 2. The molecule has 0 amide bonds. The first-order chi connectivity index (χ1) is 23.0. The Morgan fingerprint density at radius 1 is 0.750 bits per heavy atom. The number of carboxylic acids is 2. The highest BCUT2D eigenvalue weighted by Crippen LogP contribution is 2.35. The average molecular weight is 659 g/mol. The fraction of sp³-hybridized carbons (Fsp3) is 0.357. The third kappa shape index (κ3) is 6.48. The first-order valence-electron chi connectivity index (χ1n) is 15.0. The second-order valence-electron chi connectivity index (χ2n) is 10.7. The van der Waals surface area contributed by atoms with Gasteiger partial charge in [-0.05, 0) is 39.5 Å². The van der Waals surface area contributed by atoms with E-state index < -0.39 is 11.9 Å². The normalized spacial score (nSPS) is 11.8. The van der Waals surface area contributed by atoms with Gasteiger partial charge in [0.15, 0.2) is 46.3 Å². The summed E-state index contributed by atoms with van der Waals surface area (Å²) in [4.78, 5) is 32.1. The molecule has 5 aromatic heterocycles. The number of carbonyl (C=O) groups is 2. The molecule has 0 saturated carbocycles. The van der Waals surface area contributed by atoms with Gasteiger partial charge in [0.1, 0.15) is 17.5 Å². The Morgan fingerprint density at radius 2 is 1.17 bits per heavy atom. The number of aromatic amines is 2. The molecular weight excluding hydrogens is 624 g/mol. The van der Waals surface area contributed by atoms with Crippen LogP contribution in [-0.2, 0) is 12.8 Å². The van der Waals surface area contributed by atoms with Crippen molar-refractivity contribution < 1.29 is 19.8 Å². The molecule has 5 heterocycles. The van der Waals surface area contributed by atoms with Crippen LogP contribution >= 0.6 is 0 Å². The van der Waals surface area contributed by atoms with Crippen molar-refractivity contribution >= 4 is 46.6 Å². The average Bonchev–Trinajstić information content (AvgIpc) is 3.80. The van der Waals surface area contributed by atoms with Gasteiger partial charge in [-0.3, -0.25) is 10.2 Å². The fourth-order valence-corrected chi connectivity index (χ4v) is 4.80. The maximum Gasteiger partial charge on any atom is 0.341 e. The van der Waals surface area contributed by atoms with Crippen molar-refractivity contribution in [2.24, 2.45) is 20.5 Å². The number of aromatic carboxylic acids is 2. The summed E-state index contributed by atoms with van der Waals surface area (Å²) in [6.45, 7) is 7.15. The summed E-state index contributed by atoms with van der Waals surface area (Å²) in [7, 11) is 0. The summed E-state index contributed by atoms with van der Waals surface area (Å²) < 4.78 is 2.76. The van der Waals surface area contributed by atoms with Crippen LogP contribution in [0.3, 0.4) is 0 Å². The van der Waals surface area contributed by atoms with E-state index in [1.54, 1.807) is 19.9 Å². The van der Waals surface area contributed by atoms with Gasteiger partial charge in [0.05, 0.1) is 22.8 Å². The van der Waals surface area contributed by atoms with Gasteiger partial charge in [-0.1, -0.05) is 26.7 Å². The van der Waals surface area contributed by atoms with Gasteiger partial charge in [0, 0.05) is 6.07 Å². The lowest BCUT2D eigenvalue weighted by Gasteiger charge is -2.06. The van der Waals surface area contributed by atoms with Crippen molar-refractivity contribution in [3.05, 3.63) is 46.3 Å². The lowest BCUT2D eigenvalue weighted by Crippen LogP contribution is -2.09. The second kappa shape index (κ2) is 14.0. The molecule has 0 fully saturated rings. The quantitative estimate of drug-likeness (QED) is 0.0860. The number of rotatable bonds is 14. The number of azo groups is 2. The van der Waals surface area contributed by atoms with Crippen molar-refractivity contribution in [1.29, 1.82) is 0 Å². The van der Waals surface area contributed by atoms with E-state index in [-0.39, 0.29) is 68.8 Å². The summed E-state index contributed by atoms with van der Waals surface area (Å²) in [6.07, 6.45) is 5.66. The molecule has 250 valence electrons. The van der Waals surface area contributed by atoms with E-state index in [0.29, 0.717) is 24.2 Å². The number of nitrogens with zero attached hydrogens (tertiary/aromatic N) is 12. The molecule has 0 atom stereocenters. The van der Waals surface area contributed by atoms with Crippen molar-refractivity contribution in [2.45, 2.75) is 66.2 Å². The number of hydrogen-bond acceptors (Lipinski definition) is 14. The monoisotopic (exact) mass is 658 g/mol. The van der Waals surface area contributed by atoms with E-state index in [1.165, 1.54) is 15.7 Å². The predicted molar refractivity (Wildman–Crippen MR) is 171 cm³/mol. The zero-order valence-corrected chi connectivity index (χ0v) is 26.6. The Hall–Kier alpha value is -6.34. The third-order valence-corrected chi connectivity index (χ3v) is 7.32. The molecule has 5 aromatic rings. The van der Waals surface area contributed by atoms with Crippen LogP contribution in [0.15, 0.2) is 32.9 Å². The topological polar surface area (TPSA) is 295 Å². The van der Waals surface area contributed by atoms with Gasteiger partial charge in [-0.15, -0.1) is 20.5 Å². The molecule has 8 N–H and O–H groups in total. The van der Waals surface area contributed by atoms with E-state index in [1.807, 2.05) is 13.8 Å². The standard InChI is InChI=1S/C28H34N16O4/c1-5-7-9-15-21(35-39-25-19(27(45)46)13(3)33-37-25)23(29)43(41-15)17-11-18(32-12-31-17)44-24(30)22(16(42-44)10-8-6-2)36-40-26-20(28(47)48)14(4)34-38-26/h11-12H,5-10,29-30H2,1-4H3,(H,33,37)(H,34,38)(H,45,46)(H,47,48)/b39-35+,40-36+. The van der Waals surface area contributed by atoms with Gasteiger partial charge < -0.3 is 21.7 Å². The minimum Gasteiger partial charge on any atom is -0.477 e. The molecule has 0 bridgehead atoms. The van der Waals surface area contributed by atoms with Crippen LogP contribution < -0.4 is 11.5 Å². The smallest absolute Gasteiger partial charge is 0.341 e. The number of nitrogens with one attached hydrogen (secondary N) is 2. The largest absolute Gasteiger partial charge is 0.477 e. The van der Waals surface area contributed by atoms with Gasteiger partial charge >= 0.3 is 11.9 Å². The number of H-pyrrole nitrogens is 2. The van der Waals surface area contributed by atoms with Crippen molar-refractivity contribution in [1.82, 2.24) is 49.9 Å². The lowest BCUT2D eigenvalue weighted by molar-refractivity contribution is 0.0686. The number of carboxylic acid groups (broad SMARTS) is 2. The van der Waals surface area contributed by atoms with Crippen LogP contribution in [0.1, 0.15) is 83.0 Å². The molecule has 0 radical (unpaired) electrons. The molecule has 0 aliphatic heterocycles. The summed E-state index contributed by atoms with van der Waals surface area (Å²) in [5.74, 6) is -1.68. The van der Waals surface area contributed by atoms with Gasteiger partial charge in [-0.2, -0.15) is 29.8 Å². The van der Waals surface area contributed by atoms with Crippen LogP contribution in [-0.4, -0.2) is 72.1 Å². The van der Waals surface area contributed by atoms with Crippen molar-refractivity contribution in [3.63, 3.8) is 0 Å². The molecule has 0 unspecified atom stereocenters. The highest BCUT2D eigenvalue weighted by Gasteiger charge is 2.23. The van der Waals surface area contributed by atoms with Crippen LogP contribution in [0.5, 0.6) is 0 Å². The van der Waals surface area contributed by atoms with Crippen molar-refractivity contribution in [2.75, 3.05) is 11.5 Å². The highest BCUT2D eigenvalue weighted by atomic mass is 16.4. The van der Waals surface area contributed by atoms with E-state index in [4.69, 9.17) is 11.5 Å². The molecule has 48 heavy (non-hydrogen) atoms.